The van der Waals surface area contributed by atoms with Crippen molar-refractivity contribution in [3.05, 3.63) is 22.8 Å². The zero-order chi connectivity index (χ0) is 9.52. The molecule has 0 saturated heterocycles. The third-order valence-corrected chi connectivity index (χ3v) is 2.45. The molecule has 0 fully saturated rings. The van der Waals surface area contributed by atoms with Crippen LogP contribution in [-0.2, 0) is 7.05 Å². The number of hydrogen-bond acceptors (Lipinski definition) is 3. The summed E-state index contributed by atoms with van der Waals surface area (Å²) in [5.41, 5.74) is 8.02. The summed E-state index contributed by atoms with van der Waals surface area (Å²) in [7, 11) is 1.89. The third kappa shape index (κ3) is 3.87. The standard InChI is InChI=1S/C7H11N5S/c1-12-6-7(5-10-12)13-4-2-3-9-11-8/h5-6H,2-4H2,1H3. The second-order valence-corrected chi connectivity index (χ2v) is 3.67. The van der Waals surface area contributed by atoms with Crippen LogP contribution in [0.4, 0.5) is 0 Å². The molecule has 0 unspecified atom stereocenters. The normalized spacial score (nSPS) is 9.62. The Morgan fingerprint density at radius 1 is 1.77 bits per heavy atom. The van der Waals surface area contributed by atoms with E-state index in [2.05, 4.69) is 15.1 Å². The first-order chi connectivity index (χ1) is 6.33. The lowest BCUT2D eigenvalue weighted by atomic mass is 10.5. The Bertz CT molecular complexity index is 302. The maximum absolute atomic E-state index is 8.02. The lowest BCUT2D eigenvalue weighted by molar-refractivity contribution is 0.766. The van der Waals surface area contributed by atoms with Crippen molar-refractivity contribution in [2.75, 3.05) is 12.3 Å². The van der Waals surface area contributed by atoms with Crippen LogP contribution >= 0.6 is 11.8 Å². The molecule has 0 aromatic carbocycles. The number of aryl methyl sites for hydroxylation is 1. The van der Waals surface area contributed by atoms with Crippen molar-refractivity contribution >= 4 is 11.8 Å². The minimum atomic E-state index is 0.573. The highest BCUT2D eigenvalue weighted by Gasteiger charge is 1.95. The van der Waals surface area contributed by atoms with Crippen molar-refractivity contribution in [1.82, 2.24) is 9.78 Å². The van der Waals surface area contributed by atoms with Gasteiger partial charge in [-0.3, -0.25) is 4.68 Å². The van der Waals surface area contributed by atoms with E-state index < -0.39 is 0 Å². The summed E-state index contributed by atoms with van der Waals surface area (Å²) in [4.78, 5) is 3.84. The second kappa shape index (κ2) is 5.50. The van der Waals surface area contributed by atoms with Gasteiger partial charge >= 0.3 is 0 Å². The maximum Gasteiger partial charge on any atom is 0.0625 e. The van der Waals surface area contributed by atoms with E-state index in [1.165, 1.54) is 0 Å². The van der Waals surface area contributed by atoms with E-state index in [1.807, 2.05) is 19.4 Å². The number of azide groups is 1. The molecule has 0 atom stereocenters. The molecule has 0 aliphatic rings. The van der Waals surface area contributed by atoms with Gasteiger partial charge in [0.05, 0.1) is 6.20 Å². The van der Waals surface area contributed by atoms with Crippen molar-refractivity contribution in [2.45, 2.75) is 11.3 Å². The minimum Gasteiger partial charge on any atom is -0.275 e. The molecule has 1 aromatic rings. The van der Waals surface area contributed by atoms with Crippen LogP contribution in [0.5, 0.6) is 0 Å². The Balaban J connectivity index is 2.16. The molecular formula is C7H11N5S. The highest BCUT2D eigenvalue weighted by molar-refractivity contribution is 7.99. The van der Waals surface area contributed by atoms with Gasteiger partial charge in [-0.2, -0.15) is 5.10 Å². The van der Waals surface area contributed by atoms with Gasteiger partial charge in [0.15, 0.2) is 0 Å². The van der Waals surface area contributed by atoms with Crippen molar-refractivity contribution in [2.24, 2.45) is 12.2 Å². The van der Waals surface area contributed by atoms with Gasteiger partial charge in [0.25, 0.3) is 0 Å². The van der Waals surface area contributed by atoms with E-state index in [0.717, 1.165) is 17.1 Å². The molecule has 0 bridgehead atoms. The van der Waals surface area contributed by atoms with Crippen LogP contribution in [0.25, 0.3) is 10.4 Å². The summed E-state index contributed by atoms with van der Waals surface area (Å²) >= 11 is 1.73. The Morgan fingerprint density at radius 2 is 2.62 bits per heavy atom. The van der Waals surface area contributed by atoms with E-state index in [0.29, 0.717) is 6.54 Å². The summed E-state index contributed by atoms with van der Waals surface area (Å²) in [6.07, 6.45) is 4.71. The molecule has 70 valence electrons. The van der Waals surface area contributed by atoms with Crippen LogP contribution in [0.1, 0.15) is 6.42 Å². The molecule has 1 aromatic heterocycles. The van der Waals surface area contributed by atoms with E-state index in [9.17, 15) is 0 Å². The zero-order valence-electron chi connectivity index (χ0n) is 7.42. The molecule has 0 spiro atoms. The molecule has 5 nitrogen and oxygen atoms in total. The van der Waals surface area contributed by atoms with Crippen molar-refractivity contribution < 1.29 is 0 Å². The van der Waals surface area contributed by atoms with E-state index in [-0.39, 0.29) is 0 Å². The van der Waals surface area contributed by atoms with Gasteiger partial charge in [-0.15, -0.1) is 11.8 Å². The lowest BCUT2D eigenvalue weighted by Gasteiger charge is -1.93. The van der Waals surface area contributed by atoms with E-state index in [1.54, 1.807) is 16.4 Å². The van der Waals surface area contributed by atoms with Gasteiger partial charge in [0.1, 0.15) is 0 Å². The smallest absolute Gasteiger partial charge is 0.0625 e. The molecule has 6 heteroatoms. The summed E-state index contributed by atoms with van der Waals surface area (Å²) in [5.74, 6) is 0.963. The number of hydrogen-bond donors (Lipinski definition) is 0. The van der Waals surface area contributed by atoms with Gasteiger partial charge in [-0.05, 0) is 17.7 Å². The van der Waals surface area contributed by atoms with Crippen LogP contribution in [0, 0.1) is 0 Å². The molecule has 1 rings (SSSR count). The summed E-state index contributed by atoms with van der Waals surface area (Å²) in [6, 6.07) is 0. The maximum atomic E-state index is 8.02. The fourth-order valence-corrected chi connectivity index (χ4v) is 1.70. The number of thioether (sulfide) groups is 1. The largest absolute Gasteiger partial charge is 0.275 e. The van der Waals surface area contributed by atoms with Gasteiger partial charge in [-0.25, -0.2) is 0 Å². The molecule has 0 radical (unpaired) electrons. The molecule has 0 saturated carbocycles. The predicted molar refractivity (Wildman–Crippen MR) is 52.6 cm³/mol. The highest BCUT2D eigenvalue weighted by Crippen LogP contribution is 2.16. The summed E-state index contributed by atoms with van der Waals surface area (Å²) < 4.78 is 1.77. The quantitative estimate of drug-likeness (QED) is 0.239. The van der Waals surface area contributed by atoms with Crippen molar-refractivity contribution in [3.8, 4) is 0 Å². The first-order valence-electron chi connectivity index (χ1n) is 3.95. The molecule has 0 N–H and O–H groups in total. The zero-order valence-corrected chi connectivity index (χ0v) is 8.24. The Morgan fingerprint density at radius 3 is 3.23 bits per heavy atom. The second-order valence-electron chi connectivity index (χ2n) is 2.51. The van der Waals surface area contributed by atoms with Crippen LogP contribution < -0.4 is 0 Å². The Labute approximate surface area is 80.8 Å². The van der Waals surface area contributed by atoms with Crippen molar-refractivity contribution in [3.63, 3.8) is 0 Å². The molecule has 13 heavy (non-hydrogen) atoms. The van der Waals surface area contributed by atoms with Gasteiger partial charge in [0.2, 0.25) is 0 Å². The lowest BCUT2D eigenvalue weighted by Crippen LogP contribution is -1.84. The molecule has 1 heterocycles. The van der Waals surface area contributed by atoms with E-state index in [4.69, 9.17) is 5.53 Å². The minimum absolute atomic E-state index is 0.573. The molecule has 0 aliphatic carbocycles. The van der Waals surface area contributed by atoms with Gasteiger partial charge < -0.3 is 0 Å². The first kappa shape index (κ1) is 9.95. The van der Waals surface area contributed by atoms with Crippen LogP contribution in [-0.4, -0.2) is 22.1 Å². The fraction of sp³-hybridized carbons (Fsp3) is 0.571. The van der Waals surface area contributed by atoms with Crippen LogP contribution in [0.2, 0.25) is 0 Å². The molecule has 0 amide bonds. The van der Waals surface area contributed by atoms with Crippen LogP contribution in [0.15, 0.2) is 22.4 Å². The number of aromatic nitrogens is 2. The third-order valence-electron chi connectivity index (χ3n) is 1.42. The van der Waals surface area contributed by atoms with Gasteiger partial charge in [-0.1, -0.05) is 5.11 Å². The average molecular weight is 197 g/mol. The van der Waals surface area contributed by atoms with E-state index >= 15 is 0 Å². The number of rotatable bonds is 5. The molecule has 0 aliphatic heterocycles. The fourth-order valence-electron chi connectivity index (χ4n) is 0.843. The Hall–Kier alpha value is -1.13. The first-order valence-corrected chi connectivity index (χ1v) is 4.94. The predicted octanol–water partition coefficient (Wildman–Crippen LogP) is 2.21. The summed E-state index contributed by atoms with van der Waals surface area (Å²) in [5, 5.41) is 7.50. The Kier molecular flexibility index (Phi) is 4.21. The summed E-state index contributed by atoms with van der Waals surface area (Å²) in [6.45, 7) is 0.573. The van der Waals surface area contributed by atoms with Gasteiger partial charge in [0, 0.05) is 29.6 Å². The average Bonchev–Trinajstić information content (AvgIpc) is 2.51. The number of nitrogens with zero attached hydrogens (tertiary/aromatic N) is 5. The van der Waals surface area contributed by atoms with Crippen LogP contribution in [0.3, 0.4) is 0 Å². The SMILES string of the molecule is Cn1cc(SCCCN=[N+]=[N-])cn1. The van der Waals surface area contributed by atoms with Crippen molar-refractivity contribution in [1.29, 1.82) is 0 Å². The highest BCUT2D eigenvalue weighted by atomic mass is 32.2. The topological polar surface area (TPSA) is 66.6 Å². The monoisotopic (exact) mass is 197 g/mol. The molecular weight excluding hydrogens is 186 g/mol.